The number of nitrogens with two attached hydrogens (primary N) is 1. The van der Waals surface area contributed by atoms with Gasteiger partial charge in [0.05, 0.1) is 0 Å². The summed E-state index contributed by atoms with van der Waals surface area (Å²) < 4.78 is 0. The SMILES string of the molecule is CC(C)(C)C(=O)Sc1cccc(C(=O)NCCC(N)=O)c1. The zero-order valence-electron chi connectivity index (χ0n) is 12.4. The molecular weight excluding hydrogens is 288 g/mol. The fourth-order valence-corrected chi connectivity index (χ4v) is 2.22. The number of thioether (sulfide) groups is 1. The van der Waals surface area contributed by atoms with Crippen LogP contribution >= 0.6 is 11.8 Å². The van der Waals surface area contributed by atoms with Gasteiger partial charge in [0.2, 0.25) is 5.91 Å². The summed E-state index contributed by atoms with van der Waals surface area (Å²) in [7, 11) is 0. The molecule has 0 saturated carbocycles. The third-order valence-electron chi connectivity index (χ3n) is 2.58. The molecule has 6 heteroatoms. The maximum Gasteiger partial charge on any atom is 0.251 e. The maximum absolute atomic E-state index is 12.0. The molecule has 0 spiro atoms. The molecule has 0 aliphatic carbocycles. The number of amides is 2. The second-order valence-electron chi connectivity index (χ2n) is 5.64. The fourth-order valence-electron chi connectivity index (χ4n) is 1.36. The van der Waals surface area contributed by atoms with Crippen molar-refractivity contribution in [2.45, 2.75) is 32.1 Å². The average molecular weight is 308 g/mol. The Balaban J connectivity index is 2.70. The summed E-state index contributed by atoms with van der Waals surface area (Å²) in [6.07, 6.45) is 0.0999. The standard InChI is InChI=1S/C15H20N2O3S/c1-15(2,3)14(20)21-11-6-4-5-10(9-11)13(19)17-8-7-12(16)18/h4-6,9H,7-8H2,1-3H3,(H2,16,18)(H,17,19). The number of benzene rings is 1. The minimum absolute atomic E-state index is 0.0359. The van der Waals surface area contributed by atoms with Gasteiger partial charge in [-0.05, 0) is 18.2 Å². The van der Waals surface area contributed by atoms with Crippen LogP contribution in [0, 0.1) is 5.41 Å². The van der Waals surface area contributed by atoms with Crippen LogP contribution in [0.3, 0.4) is 0 Å². The topological polar surface area (TPSA) is 89.3 Å². The predicted octanol–water partition coefficient (Wildman–Crippen LogP) is 1.96. The highest BCUT2D eigenvalue weighted by atomic mass is 32.2. The average Bonchev–Trinajstić information content (AvgIpc) is 2.37. The molecule has 1 aromatic carbocycles. The Morgan fingerprint density at radius 2 is 1.90 bits per heavy atom. The number of hydrogen-bond donors (Lipinski definition) is 2. The summed E-state index contributed by atoms with van der Waals surface area (Å²) in [5.74, 6) is -0.753. The molecule has 0 bridgehead atoms. The second kappa shape index (κ2) is 7.26. The van der Waals surface area contributed by atoms with Crippen LogP contribution in [0.4, 0.5) is 0 Å². The Morgan fingerprint density at radius 3 is 2.48 bits per heavy atom. The van der Waals surface area contributed by atoms with Gasteiger partial charge in [0.1, 0.15) is 0 Å². The van der Waals surface area contributed by atoms with Crippen LogP contribution in [0.15, 0.2) is 29.2 Å². The molecule has 1 rings (SSSR count). The lowest BCUT2D eigenvalue weighted by atomic mass is 10.00. The number of nitrogens with one attached hydrogen (secondary N) is 1. The van der Waals surface area contributed by atoms with Crippen molar-refractivity contribution in [2.24, 2.45) is 11.1 Å². The molecule has 5 nitrogen and oxygen atoms in total. The summed E-state index contributed by atoms with van der Waals surface area (Å²) in [6, 6.07) is 6.83. The van der Waals surface area contributed by atoms with E-state index in [1.165, 1.54) is 0 Å². The van der Waals surface area contributed by atoms with Crippen LogP contribution < -0.4 is 11.1 Å². The first-order chi connectivity index (χ1) is 9.70. The lowest BCUT2D eigenvalue weighted by Crippen LogP contribution is -2.27. The Bertz CT molecular complexity index is 550. The number of rotatable bonds is 5. The smallest absolute Gasteiger partial charge is 0.251 e. The monoisotopic (exact) mass is 308 g/mol. The first kappa shape index (κ1) is 17.2. The van der Waals surface area contributed by atoms with Crippen molar-refractivity contribution in [3.8, 4) is 0 Å². The van der Waals surface area contributed by atoms with E-state index in [-0.39, 0.29) is 24.0 Å². The Labute approximate surface area is 128 Å². The van der Waals surface area contributed by atoms with Crippen molar-refractivity contribution in [3.05, 3.63) is 29.8 Å². The minimum atomic E-state index is -0.463. The Hall–Kier alpha value is -1.82. The highest BCUT2D eigenvalue weighted by Crippen LogP contribution is 2.29. The third-order valence-corrected chi connectivity index (χ3v) is 3.86. The third kappa shape index (κ3) is 5.99. The van der Waals surface area contributed by atoms with Gasteiger partial charge in [0, 0.05) is 28.8 Å². The minimum Gasteiger partial charge on any atom is -0.370 e. The lowest BCUT2D eigenvalue weighted by Gasteiger charge is -2.15. The van der Waals surface area contributed by atoms with Gasteiger partial charge in [-0.25, -0.2) is 0 Å². The molecule has 0 saturated heterocycles. The van der Waals surface area contributed by atoms with Crippen molar-refractivity contribution < 1.29 is 14.4 Å². The van der Waals surface area contributed by atoms with Crippen LogP contribution in [-0.2, 0) is 9.59 Å². The molecule has 3 N–H and O–H groups in total. The molecule has 114 valence electrons. The number of hydrogen-bond acceptors (Lipinski definition) is 4. The summed E-state index contributed by atoms with van der Waals surface area (Å²) in [5, 5.41) is 2.64. The molecule has 0 unspecified atom stereocenters. The van der Waals surface area contributed by atoms with Crippen molar-refractivity contribution in [3.63, 3.8) is 0 Å². The number of primary amides is 1. The van der Waals surface area contributed by atoms with E-state index in [0.717, 1.165) is 16.7 Å². The zero-order valence-corrected chi connectivity index (χ0v) is 13.3. The van der Waals surface area contributed by atoms with Crippen molar-refractivity contribution in [2.75, 3.05) is 6.54 Å². The molecule has 21 heavy (non-hydrogen) atoms. The first-order valence-corrected chi connectivity index (χ1v) is 7.40. The molecule has 0 heterocycles. The van der Waals surface area contributed by atoms with Gasteiger partial charge in [-0.1, -0.05) is 38.6 Å². The highest BCUT2D eigenvalue weighted by molar-refractivity contribution is 8.13. The molecule has 2 amide bonds. The molecule has 0 aromatic heterocycles. The summed E-state index contributed by atoms with van der Waals surface area (Å²) in [6.45, 7) is 5.75. The van der Waals surface area contributed by atoms with Crippen molar-refractivity contribution in [1.82, 2.24) is 5.32 Å². The predicted molar refractivity (Wildman–Crippen MR) is 82.9 cm³/mol. The van der Waals surface area contributed by atoms with Crippen LogP contribution in [0.25, 0.3) is 0 Å². The van der Waals surface area contributed by atoms with Gasteiger partial charge in [-0.3, -0.25) is 14.4 Å². The molecule has 0 atom stereocenters. The van der Waals surface area contributed by atoms with Crippen LogP contribution in [0.2, 0.25) is 0 Å². The van der Waals surface area contributed by atoms with E-state index in [1.807, 2.05) is 20.8 Å². The van der Waals surface area contributed by atoms with E-state index >= 15 is 0 Å². The largest absolute Gasteiger partial charge is 0.370 e. The van der Waals surface area contributed by atoms with Gasteiger partial charge in [0.15, 0.2) is 5.12 Å². The maximum atomic E-state index is 12.0. The quantitative estimate of drug-likeness (QED) is 0.814. The Morgan fingerprint density at radius 1 is 1.24 bits per heavy atom. The van der Waals surface area contributed by atoms with Gasteiger partial charge in [-0.2, -0.15) is 0 Å². The Kier molecular flexibility index (Phi) is 5.96. The first-order valence-electron chi connectivity index (χ1n) is 6.59. The number of carbonyl (C=O) groups is 3. The molecule has 0 aliphatic rings. The highest BCUT2D eigenvalue weighted by Gasteiger charge is 2.22. The van der Waals surface area contributed by atoms with E-state index < -0.39 is 11.3 Å². The van der Waals surface area contributed by atoms with Crippen molar-refractivity contribution >= 4 is 28.7 Å². The van der Waals surface area contributed by atoms with Crippen LogP contribution in [0.5, 0.6) is 0 Å². The van der Waals surface area contributed by atoms with E-state index in [4.69, 9.17) is 5.73 Å². The zero-order chi connectivity index (χ0) is 16.0. The molecular formula is C15H20N2O3S. The van der Waals surface area contributed by atoms with Crippen molar-refractivity contribution in [1.29, 1.82) is 0 Å². The van der Waals surface area contributed by atoms with Gasteiger partial charge < -0.3 is 11.1 Å². The van der Waals surface area contributed by atoms with Gasteiger partial charge >= 0.3 is 0 Å². The van der Waals surface area contributed by atoms with E-state index in [2.05, 4.69) is 5.32 Å². The fraction of sp³-hybridized carbons (Fsp3) is 0.400. The lowest BCUT2D eigenvalue weighted by molar-refractivity contribution is -0.118. The summed E-state index contributed by atoms with van der Waals surface area (Å²) in [4.78, 5) is 35.2. The molecule has 0 radical (unpaired) electrons. The molecule has 1 aromatic rings. The second-order valence-corrected chi connectivity index (χ2v) is 6.69. The van der Waals surface area contributed by atoms with Crippen LogP contribution in [0.1, 0.15) is 37.6 Å². The van der Waals surface area contributed by atoms with Gasteiger partial charge in [-0.15, -0.1) is 0 Å². The van der Waals surface area contributed by atoms with Gasteiger partial charge in [0.25, 0.3) is 5.91 Å². The summed E-state index contributed by atoms with van der Waals surface area (Å²) >= 11 is 1.12. The number of carbonyl (C=O) groups excluding carboxylic acids is 3. The van der Waals surface area contributed by atoms with E-state index in [0.29, 0.717) is 5.56 Å². The summed E-state index contributed by atoms with van der Waals surface area (Å²) in [5.41, 5.74) is 5.02. The normalized spacial score (nSPS) is 11.0. The molecule has 0 fully saturated rings. The van der Waals surface area contributed by atoms with Crippen LogP contribution in [-0.4, -0.2) is 23.5 Å². The van der Waals surface area contributed by atoms with E-state index in [1.54, 1.807) is 24.3 Å². The molecule has 0 aliphatic heterocycles. The van der Waals surface area contributed by atoms with E-state index in [9.17, 15) is 14.4 Å².